The molecule has 0 aliphatic rings. The molecule has 2 amide bonds. The molecule has 2 N–H and O–H groups in total. The minimum absolute atomic E-state index is 0.0988. The van der Waals surface area contributed by atoms with Crippen molar-refractivity contribution >= 4 is 56.4 Å². The van der Waals surface area contributed by atoms with Crippen LogP contribution in [0.15, 0.2) is 48.5 Å². The predicted molar refractivity (Wildman–Crippen MR) is 153 cm³/mol. The van der Waals surface area contributed by atoms with Crippen LogP contribution in [0.5, 0.6) is 0 Å². The Bertz CT molecular complexity index is 1270. The fourth-order valence-corrected chi connectivity index (χ4v) is 5.39. The van der Waals surface area contributed by atoms with Crippen LogP contribution >= 0.6 is 34.3 Å². The molecule has 4 rings (SSSR count). The number of carbonyl (C=O) groups is 2. The second kappa shape index (κ2) is 13.0. The van der Waals surface area contributed by atoms with Gasteiger partial charge in [0.1, 0.15) is 10.0 Å². The van der Waals surface area contributed by atoms with E-state index in [4.69, 9.17) is 11.6 Å². The Morgan fingerprint density at radius 1 is 0.737 bits per heavy atom. The summed E-state index contributed by atoms with van der Waals surface area (Å²) >= 11 is 8.72. The summed E-state index contributed by atoms with van der Waals surface area (Å²) in [6.45, 7) is 5.75. The van der Waals surface area contributed by atoms with Gasteiger partial charge in [-0.05, 0) is 56.9 Å². The summed E-state index contributed by atoms with van der Waals surface area (Å²) in [6.07, 6.45) is 3.32. The molecular formula is C27H29ClN6O2S2. The lowest BCUT2D eigenvalue weighted by Gasteiger charge is -2.10. The van der Waals surface area contributed by atoms with E-state index in [1.807, 2.05) is 57.2 Å². The first-order valence-electron chi connectivity index (χ1n) is 12.4. The molecule has 2 aromatic carbocycles. The maximum Gasteiger partial charge on any atom is 0.233 e. The van der Waals surface area contributed by atoms with Crippen LogP contribution in [0.1, 0.15) is 65.2 Å². The average molecular weight is 569 g/mol. The third-order valence-electron chi connectivity index (χ3n) is 6.16. The number of carbonyl (C=O) groups excluding carboxylic acids is 2. The van der Waals surface area contributed by atoms with Gasteiger partial charge in [0.2, 0.25) is 22.1 Å². The Morgan fingerprint density at radius 3 is 1.61 bits per heavy atom. The lowest BCUT2D eigenvalue weighted by atomic mass is 9.99. The first kappa shape index (κ1) is 27.8. The number of amides is 2. The molecule has 11 heteroatoms. The zero-order chi connectivity index (χ0) is 27.1. The predicted octanol–water partition coefficient (Wildman–Crippen LogP) is 6.40. The third kappa shape index (κ3) is 7.66. The highest BCUT2D eigenvalue weighted by Crippen LogP contribution is 2.24. The van der Waals surface area contributed by atoms with Crippen LogP contribution in [0.2, 0.25) is 5.02 Å². The van der Waals surface area contributed by atoms with Crippen LogP contribution in [-0.2, 0) is 22.4 Å². The van der Waals surface area contributed by atoms with Crippen LogP contribution in [0.25, 0.3) is 0 Å². The van der Waals surface area contributed by atoms with E-state index in [2.05, 4.69) is 31.0 Å². The summed E-state index contributed by atoms with van der Waals surface area (Å²) in [5.74, 6) is -0.835. The first-order valence-corrected chi connectivity index (χ1v) is 14.4. The van der Waals surface area contributed by atoms with Gasteiger partial charge in [0.25, 0.3) is 0 Å². The van der Waals surface area contributed by atoms with E-state index in [0.717, 1.165) is 52.4 Å². The van der Waals surface area contributed by atoms with Crippen LogP contribution in [0, 0.1) is 6.92 Å². The molecule has 4 aromatic rings. The Labute approximate surface area is 234 Å². The average Bonchev–Trinajstić information content (AvgIpc) is 3.55. The Morgan fingerprint density at radius 2 is 1.16 bits per heavy atom. The quantitative estimate of drug-likeness (QED) is 0.203. The van der Waals surface area contributed by atoms with E-state index in [1.165, 1.54) is 22.7 Å². The van der Waals surface area contributed by atoms with E-state index in [9.17, 15) is 9.59 Å². The van der Waals surface area contributed by atoms with Crippen molar-refractivity contribution in [3.05, 3.63) is 80.3 Å². The molecule has 2 aromatic heterocycles. The zero-order valence-corrected chi connectivity index (χ0v) is 23.8. The molecule has 2 heterocycles. The van der Waals surface area contributed by atoms with Crippen molar-refractivity contribution in [3.63, 3.8) is 0 Å². The van der Waals surface area contributed by atoms with Gasteiger partial charge in [-0.25, -0.2) is 0 Å². The number of anilines is 2. The van der Waals surface area contributed by atoms with Gasteiger partial charge in [-0.2, -0.15) is 0 Å². The Hall–Kier alpha value is -3.21. The van der Waals surface area contributed by atoms with Crippen molar-refractivity contribution in [1.29, 1.82) is 0 Å². The molecule has 0 saturated heterocycles. The second-order valence-corrected chi connectivity index (χ2v) is 11.7. The molecule has 2 unspecified atom stereocenters. The van der Waals surface area contributed by atoms with Crippen molar-refractivity contribution < 1.29 is 9.59 Å². The minimum atomic E-state index is -0.327. The number of aryl methyl sites for hydroxylation is 3. The first-order chi connectivity index (χ1) is 18.3. The molecule has 2 atom stereocenters. The van der Waals surface area contributed by atoms with Gasteiger partial charge < -0.3 is 10.6 Å². The van der Waals surface area contributed by atoms with E-state index < -0.39 is 0 Å². The molecule has 0 bridgehead atoms. The largest absolute Gasteiger partial charge is 0.300 e. The molecule has 0 aliphatic heterocycles. The number of nitrogens with one attached hydrogen (secondary N) is 2. The number of halogens is 1. The van der Waals surface area contributed by atoms with Crippen LogP contribution in [0.4, 0.5) is 10.3 Å². The normalized spacial score (nSPS) is 12.6. The third-order valence-corrected chi connectivity index (χ3v) is 8.21. The highest BCUT2D eigenvalue weighted by Gasteiger charge is 2.18. The summed E-state index contributed by atoms with van der Waals surface area (Å²) in [5, 5.41) is 25.8. The molecule has 0 aliphatic carbocycles. The number of hydrogen-bond acceptors (Lipinski definition) is 8. The molecule has 0 radical (unpaired) electrons. The van der Waals surface area contributed by atoms with Crippen LogP contribution in [0.3, 0.4) is 0 Å². The van der Waals surface area contributed by atoms with Crippen molar-refractivity contribution in [2.45, 2.75) is 58.3 Å². The van der Waals surface area contributed by atoms with Gasteiger partial charge in [0.05, 0.1) is 11.8 Å². The molecule has 0 spiro atoms. The van der Waals surface area contributed by atoms with Gasteiger partial charge in [-0.1, -0.05) is 76.2 Å². The maximum atomic E-state index is 12.6. The molecule has 198 valence electrons. The van der Waals surface area contributed by atoms with E-state index in [1.54, 1.807) is 12.1 Å². The van der Waals surface area contributed by atoms with Gasteiger partial charge in [0.15, 0.2) is 0 Å². The summed E-state index contributed by atoms with van der Waals surface area (Å²) in [4.78, 5) is 25.2. The summed E-state index contributed by atoms with van der Waals surface area (Å²) < 4.78 is 0. The number of benzene rings is 2. The van der Waals surface area contributed by atoms with Gasteiger partial charge >= 0.3 is 0 Å². The van der Waals surface area contributed by atoms with E-state index in [0.29, 0.717) is 15.3 Å². The zero-order valence-electron chi connectivity index (χ0n) is 21.4. The standard InChI is InChI=1S/C27H29ClN6O2S2/c1-16-8-10-19(11-9-16)17(2)24(35)29-26-33-31-22(37-26)6-4-5-7-23-32-34-27(38-23)30-25(36)18(3)20-12-14-21(28)15-13-20/h8-15,17-18H,4-7H2,1-3H3,(H,29,33,35)(H,30,34,36). The van der Waals surface area contributed by atoms with Crippen LogP contribution < -0.4 is 10.6 Å². The van der Waals surface area contributed by atoms with E-state index >= 15 is 0 Å². The molecular weight excluding hydrogens is 540 g/mol. The smallest absolute Gasteiger partial charge is 0.233 e. The topological polar surface area (TPSA) is 110 Å². The monoisotopic (exact) mass is 568 g/mol. The number of aromatic nitrogens is 4. The van der Waals surface area contributed by atoms with Gasteiger partial charge in [-0.15, -0.1) is 20.4 Å². The minimum Gasteiger partial charge on any atom is -0.300 e. The molecule has 38 heavy (non-hydrogen) atoms. The van der Waals surface area contributed by atoms with E-state index in [-0.39, 0.29) is 23.7 Å². The lowest BCUT2D eigenvalue weighted by Crippen LogP contribution is -2.18. The Kier molecular flexibility index (Phi) is 9.54. The lowest BCUT2D eigenvalue weighted by molar-refractivity contribution is -0.118. The number of nitrogens with zero attached hydrogens (tertiary/aromatic N) is 4. The van der Waals surface area contributed by atoms with Crippen molar-refractivity contribution in [2.24, 2.45) is 0 Å². The fourth-order valence-electron chi connectivity index (χ4n) is 3.70. The summed E-state index contributed by atoms with van der Waals surface area (Å²) in [5.41, 5.74) is 3.01. The van der Waals surface area contributed by atoms with Gasteiger partial charge in [-0.3, -0.25) is 9.59 Å². The second-order valence-electron chi connectivity index (χ2n) is 9.09. The highest BCUT2D eigenvalue weighted by molar-refractivity contribution is 7.15. The molecule has 0 saturated carbocycles. The number of unbranched alkanes of at least 4 members (excludes halogenated alkanes) is 1. The highest BCUT2D eigenvalue weighted by atomic mass is 35.5. The molecule has 8 nitrogen and oxygen atoms in total. The SMILES string of the molecule is Cc1ccc(C(C)C(=O)Nc2nnc(CCCCc3nnc(NC(=O)C(C)c4ccc(Cl)cc4)s3)s2)cc1. The number of hydrogen-bond donors (Lipinski definition) is 2. The summed E-state index contributed by atoms with van der Waals surface area (Å²) in [6, 6.07) is 15.2. The van der Waals surface area contributed by atoms with Crippen LogP contribution in [-0.4, -0.2) is 32.2 Å². The Balaban J connectivity index is 1.18. The van der Waals surface area contributed by atoms with Crippen molar-refractivity contribution in [3.8, 4) is 0 Å². The maximum absolute atomic E-state index is 12.6. The van der Waals surface area contributed by atoms with Crippen molar-refractivity contribution in [1.82, 2.24) is 20.4 Å². The van der Waals surface area contributed by atoms with Crippen molar-refractivity contribution in [2.75, 3.05) is 10.6 Å². The molecule has 0 fully saturated rings. The van der Waals surface area contributed by atoms with Gasteiger partial charge in [0, 0.05) is 17.9 Å². The number of rotatable bonds is 11. The summed E-state index contributed by atoms with van der Waals surface area (Å²) in [7, 11) is 0. The fraction of sp³-hybridized carbons (Fsp3) is 0.333.